The van der Waals surface area contributed by atoms with Crippen molar-refractivity contribution in [1.29, 1.82) is 0 Å². The van der Waals surface area contributed by atoms with Gasteiger partial charge < -0.3 is 15.2 Å². The summed E-state index contributed by atoms with van der Waals surface area (Å²) in [5.74, 6) is -1.64. The number of esters is 1. The number of aliphatic hydroxyl groups is 1. The summed E-state index contributed by atoms with van der Waals surface area (Å²) in [7, 11) is 1.15. The molecule has 0 aliphatic heterocycles. The molecule has 1 aromatic carbocycles. The van der Waals surface area contributed by atoms with Gasteiger partial charge in [-0.3, -0.25) is 4.79 Å². The lowest BCUT2D eigenvalue weighted by Gasteiger charge is -2.19. The van der Waals surface area contributed by atoms with E-state index in [-0.39, 0.29) is 12.0 Å². The molecule has 1 aromatic rings. The van der Waals surface area contributed by atoms with Gasteiger partial charge in [-0.05, 0) is 31.0 Å². The molecule has 132 valence electrons. The van der Waals surface area contributed by atoms with Crippen LogP contribution in [0.15, 0.2) is 36.4 Å². The van der Waals surface area contributed by atoms with Crippen molar-refractivity contribution < 1.29 is 32.6 Å². The molecule has 0 fully saturated rings. The number of rotatable bonds is 6. The second-order valence-electron chi connectivity index (χ2n) is 5.27. The highest BCUT2D eigenvalue weighted by molar-refractivity contribution is 5.87. The van der Waals surface area contributed by atoms with E-state index in [1.807, 2.05) is 0 Å². The number of alkyl halides is 3. The minimum Gasteiger partial charge on any atom is -0.467 e. The van der Waals surface area contributed by atoms with Crippen molar-refractivity contribution in [2.45, 2.75) is 31.7 Å². The smallest absolute Gasteiger partial charge is 0.416 e. The van der Waals surface area contributed by atoms with E-state index in [2.05, 4.69) is 16.6 Å². The summed E-state index contributed by atoms with van der Waals surface area (Å²) in [5, 5.41) is 12.2. The summed E-state index contributed by atoms with van der Waals surface area (Å²) in [6, 6.07) is 2.48. The normalized spacial score (nSPS) is 13.8. The van der Waals surface area contributed by atoms with Crippen LogP contribution in [0, 0.1) is 0 Å². The topological polar surface area (TPSA) is 75.6 Å². The number of methoxy groups -OCH3 is 1. The molecule has 0 heterocycles. The molecule has 0 radical (unpaired) electrons. The predicted octanol–water partition coefficient (Wildman–Crippen LogP) is 2.36. The molecule has 24 heavy (non-hydrogen) atoms. The Kier molecular flexibility index (Phi) is 6.53. The average molecular weight is 345 g/mol. The lowest BCUT2D eigenvalue weighted by atomic mass is 10.0. The van der Waals surface area contributed by atoms with Crippen LogP contribution in [0.4, 0.5) is 13.2 Å². The Morgan fingerprint density at radius 3 is 2.25 bits per heavy atom. The second kappa shape index (κ2) is 7.96. The zero-order valence-electron chi connectivity index (χ0n) is 13.2. The van der Waals surface area contributed by atoms with Crippen molar-refractivity contribution in [3.8, 4) is 0 Å². The van der Waals surface area contributed by atoms with Crippen LogP contribution in [0.2, 0.25) is 0 Å². The molecule has 2 N–H and O–H groups in total. The predicted molar refractivity (Wildman–Crippen MR) is 79.8 cm³/mol. The SMILES string of the molecule is C=C(C)C[C@@H](NC(=O)[C@H](O)c1ccc(C(F)(F)F)cc1)C(=O)OC. The number of hydrogen-bond donors (Lipinski definition) is 2. The monoisotopic (exact) mass is 345 g/mol. The Balaban J connectivity index is 2.85. The van der Waals surface area contributed by atoms with E-state index in [1.165, 1.54) is 0 Å². The zero-order valence-corrected chi connectivity index (χ0v) is 13.2. The van der Waals surface area contributed by atoms with Gasteiger partial charge in [0.2, 0.25) is 0 Å². The molecule has 1 rings (SSSR count). The number of ether oxygens (including phenoxy) is 1. The fourth-order valence-corrected chi connectivity index (χ4v) is 1.94. The third-order valence-corrected chi connectivity index (χ3v) is 3.16. The van der Waals surface area contributed by atoms with Gasteiger partial charge in [-0.15, -0.1) is 6.58 Å². The van der Waals surface area contributed by atoms with Gasteiger partial charge in [0.05, 0.1) is 12.7 Å². The van der Waals surface area contributed by atoms with E-state index in [1.54, 1.807) is 6.92 Å². The number of carbonyl (C=O) groups is 2. The van der Waals surface area contributed by atoms with E-state index in [4.69, 9.17) is 0 Å². The van der Waals surface area contributed by atoms with Crippen molar-refractivity contribution in [3.63, 3.8) is 0 Å². The molecule has 0 aliphatic rings. The Labute approximate surface area is 137 Å². The molecule has 8 heteroatoms. The van der Waals surface area contributed by atoms with Crippen molar-refractivity contribution in [1.82, 2.24) is 5.32 Å². The van der Waals surface area contributed by atoms with Gasteiger partial charge in [0.15, 0.2) is 6.10 Å². The summed E-state index contributed by atoms with van der Waals surface area (Å²) in [6.45, 7) is 5.27. The Morgan fingerprint density at radius 1 is 1.29 bits per heavy atom. The van der Waals surface area contributed by atoms with Crippen molar-refractivity contribution in [2.75, 3.05) is 7.11 Å². The zero-order chi connectivity index (χ0) is 18.5. The number of aliphatic hydroxyl groups excluding tert-OH is 1. The Hall–Kier alpha value is -2.35. The molecule has 0 bridgehead atoms. The van der Waals surface area contributed by atoms with Crippen LogP contribution in [-0.4, -0.2) is 30.1 Å². The van der Waals surface area contributed by atoms with Gasteiger partial charge in [-0.1, -0.05) is 17.7 Å². The van der Waals surface area contributed by atoms with Crippen LogP contribution in [-0.2, 0) is 20.5 Å². The molecule has 0 saturated carbocycles. The molecular formula is C16H18F3NO4. The quantitative estimate of drug-likeness (QED) is 0.613. The fourth-order valence-electron chi connectivity index (χ4n) is 1.94. The van der Waals surface area contributed by atoms with Gasteiger partial charge >= 0.3 is 12.1 Å². The molecule has 0 aromatic heterocycles. The Morgan fingerprint density at radius 2 is 1.83 bits per heavy atom. The van der Waals surface area contributed by atoms with Crippen LogP contribution < -0.4 is 5.32 Å². The number of nitrogens with one attached hydrogen (secondary N) is 1. The maximum atomic E-state index is 12.5. The maximum absolute atomic E-state index is 12.5. The molecule has 0 unspecified atom stereocenters. The van der Waals surface area contributed by atoms with Gasteiger partial charge in [0, 0.05) is 0 Å². The van der Waals surface area contributed by atoms with E-state index in [0.717, 1.165) is 31.4 Å². The lowest BCUT2D eigenvalue weighted by Crippen LogP contribution is -2.43. The lowest BCUT2D eigenvalue weighted by molar-refractivity contribution is -0.146. The summed E-state index contributed by atoms with van der Waals surface area (Å²) < 4.78 is 42.0. The fraction of sp³-hybridized carbons (Fsp3) is 0.375. The highest BCUT2D eigenvalue weighted by Gasteiger charge is 2.31. The minimum atomic E-state index is -4.51. The van der Waals surface area contributed by atoms with Crippen LogP contribution >= 0.6 is 0 Å². The number of halogens is 3. The van der Waals surface area contributed by atoms with E-state index in [9.17, 15) is 27.9 Å². The largest absolute Gasteiger partial charge is 0.467 e. The third-order valence-electron chi connectivity index (χ3n) is 3.16. The summed E-state index contributed by atoms with van der Waals surface area (Å²) in [5.41, 5.74) is -0.317. The molecule has 0 aliphatic carbocycles. The minimum absolute atomic E-state index is 0.0283. The van der Waals surface area contributed by atoms with Gasteiger partial charge in [0.1, 0.15) is 6.04 Å². The van der Waals surface area contributed by atoms with Crippen molar-refractivity contribution in [2.24, 2.45) is 0 Å². The first-order valence-electron chi connectivity index (χ1n) is 6.94. The Bertz CT molecular complexity index is 611. The molecular weight excluding hydrogens is 327 g/mol. The standard InChI is InChI=1S/C16H18F3NO4/c1-9(2)8-12(15(23)24-3)20-14(22)13(21)10-4-6-11(7-5-10)16(17,18)19/h4-7,12-13,21H,1,8H2,2-3H3,(H,20,22)/t12-,13-/m1/s1. The van der Waals surface area contributed by atoms with Crippen molar-refractivity contribution >= 4 is 11.9 Å². The summed E-state index contributed by atoms with van der Waals surface area (Å²) >= 11 is 0. The molecule has 2 atom stereocenters. The maximum Gasteiger partial charge on any atom is 0.416 e. The van der Waals surface area contributed by atoms with Crippen LogP contribution in [0.25, 0.3) is 0 Å². The van der Waals surface area contributed by atoms with Crippen LogP contribution in [0.3, 0.4) is 0 Å². The van der Waals surface area contributed by atoms with Crippen LogP contribution in [0.1, 0.15) is 30.6 Å². The highest BCUT2D eigenvalue weighted by atomic mass is 19.4. The first kappa shape index (κ1) is 19.7. The summed E-state index contributed by atoms with van der Waals surface area (Å²) in [6.07, 6.45) is -6.12. The second-order valence-corrected chi connectivity index (χ2v) is 5.27. The average Bonchev–Trinajstić information content (AvgIpc) is 2.51. The van der Waals surface area contributed by atoms with E-state index < -0.39 is 35.8 Å². The van der Waals surface area contributed by atoms with Crippen LogP contribution in [0.5, 0.6) is 0 Å². The highest BCUT2D eigenvalue weighted by Crippen LogP contribution is 2.30. The van der Waals surface area contributed by atoms with E-state index in [0.29, 0.717) is 5.57 Å². The van der Waals surface area contributed by atoms with Gasteiger partial charge in [-0.25, -0.2) is 4.79 Å². The molecule has 5 nitrogen and oxygen atoms in total. The van der Waals surface area contributed by atoms with Crippen molar-refractivity contribution in [3.05, 3.63) is 47.5 Å². The number of hydrogen-bond acceptors (Lipinski definition) is 4. The summed E-state index contributed by atoms with van der Waals surface area (Å²) in [4.78, 5) is 23.6. The van der Waals surface area contributed by atoms with Gasteiger partial charge in [-0.2, -0.15) is 13.2 Å². The molecule has 0 spiro atoms. The first-order chi connectivity index (χ1) is 11.1. The number of amides is 1. The first-order valence-corrected chi connectivity index (χ1v) is 6.94. The number of benzene rings is 1. The van der Waals surface area contributed by atoms with Gasteiger partial charge in [0.25, 0.3) is 5.91 Å². The molecule has 0 saturated heterocycles. The molecule has 1 amide bonds. The van der Waals surface area contributed by atoms with E-state index >= 15 is 0 Å². The number of carbonyl (C=O) groups excluding carboxylic acids is 2. The third kappa shape index (κ3) is 5.38.